The van der Waals surface area contributed by atoms with Crippen LogP contribution in [0.25, 0.3) is 0 Å². The maximum absolute atomic E-state index is 12.3. The third-order valence-electron chi connectivity index (χ3n) is 2.69. The number of rotatable bonds is 7. The maximum Gasteiger partial charge on any atom is 0.328 e. The monoisotopic (exact) mass is 293 g/mol. The van der Waals surface area contributed by atoms with Crippen molar-refractivity contribution in [2.75, 3.05) is 6.54 Å². The molecule has 0 heterocycles. The van der Waals surface area contributed by atoms with Crippen LogP contribution in [-0.2, 0) is 14.3 Å². The molecule has 1 rings (SSSR count). The van der Waals surface area contributed by atoms with Crippen LogP contribution in [0.1, 0.15) is 45.2 Å². The minimum absolute atomic E-state index is 0.0723. The number of hydrogen-bond acceptors (Lipinski definition) is 4. The van der Waals surface area contributed by atoms with Crippen molar-refractivity contribution in [3.05, 3.63) is 35.9 Å². The van der Waals surface area contributed by atoms with Crippen molar-refractivity contribution in [2.45, 2.75) is 45.3 Å². The number of nitrogens with one attached hydrogen (secondary N) is 1. The van der Waals surface area contributed by atoms with Crippen LogP contribution in [-0.4, -0.2) is 29.2 Å². The van der Waals surface area contributed by atoms with Crippen LogP contribution in [0.5, 0.6) is 0 Å². The number of benzene rings is 1. The van der Waals surface area contributed by atoms with Crippen LogP contribution in [0.3, 0.4) is 0 Å². The average molecular weight is 293 g/mol. The number of ether oxygens (including phenoxy) is 1. The van der Waals surface area contributed by atoms with Crippen LogP contribution >= 0.6 is 0 Å². The lowest BCUT2D eigenvalue weighted by molar-refractivity contribution is -0.157. The molecular weight excluding hydrogens is 270 g/mol. The molecule has 0 aliphatic rings. The van der Waals surface area contributed by atoms with Crippen molar-refractivity contribution in [1.29, 1.82) is 0 Å². The summed E-state index contributed by atoms with van der Waals surface area (Å²) in [6.45, 7) is 5.89. The van der Waals surface area contributed by atoms with E-state index in [2.05, 4.69) is 5.32 Å². The molecule has 0 aliphatic carbocycles. The number of carboxylic acids is 1. The smallest absolute Gasteiger partial charge is 0.328 e. The van der Waals surface area contributed by atoms with E-state index in [-0.39, 0.29) is 12.4 Å². The van der Waals surface area contributed by atoms with E-state index in [4.69, 9.17) is 9.84 Å². The van der Waals surface area contributed by atoms with Gasteiger partial charge in [0, 0.05) is 6.42 Å². The molecule has 0 saturated heterocycles. The summed E-state index contributed by atoms with van der Waals surface area (Å²) in [5, 5.41) is 11.7. The zero-order valence-electron chi connectivity index (χ0n) is 12.8. The van der Waals surface area contributed by atoms with Gasteiger partial charge in [-0.25, -0.2) is 4.79 Å². The lowest BCUT2D eigenvalue weighted by atomic mass is 10.1. The van der Waals surface area contributed by atoms with Crippen molar-refractivity contribution in [3.8, 4) is 0 Å². The van der Waals surface area contributed by atoms with Crippen molar-refractivity contribution in [1.82, 2.24) is 5.32 Å². The summed E-state index contributed by atoms with van der Waals surface area (Å²) in [7, 11) is 0. The summed E-state index contributed by atoms with van der Waals surface area (Å²) >= 11 is 0. The molecule has 0 unspecified atom stereocenters. The first kappa shape index (κ1) is 17.2. The predicted octanol–water partition coefficient (Wildman–Crippen LogP) is 2.52. The van der Waals surface area contributed by atoms with Gasteiger partial charge in [0.15, 0.2) is 0 Å². The summed E-state index contributed by atoms with van der Waals surface area (Å²) in [5.74, 6) is -1.20. The zero-order chi connectivity index (χ0) is 15.9. The van der Waals surface area contributed by atoms with Gasteiger partial charge in [0.2, 0.25) is 0 Å². The Morgan fingerprint density at radius 2 is 1.86 bits per heavy atom. The lowest BCUT2D eigenvalue weighted by Gasteiger charge is -2.25. The second kappa shape index (κ2) is 7.78. The molecule has 21 heavy (non-hydrogen) atoms. The summed E-state index contributed by atoms with van der Waals surface area (Å²) < 4.78 is 5.41. The fraction of sp³-hybridized carbons (Fsp3) is 0.500. The second-order valence-corrected chi connectivity index (χ2v) is 5.83. The Labute approximate surface area is 125 Å². The fourth-order valence-corrected chi connectivity index (χ4v) is 1.83. The van der Waals surface area contributed by atoms with Gasteiger partial charge in [0.1, 0.15) is 11.6 Å². The number of esters is 1. The zero-order valence-corrected chi connectivity index (χ0v) is 12.8. The first-order chi connectivity index (χ1) is 9.79. The van der Waals surface area contributed by atoms with Crippen LogP contribution < -0.4 is 5.32 Å². The molecule has 5 heteroatoms. The van der Waals surface area contributed by atoms with Crippen molar-refractivity contribution in [2.24, 2.45) is 0 Å². The number of aliphatic carboxylic acids is 1. The third kappa shape index (κ3) is 6.90. The molecule has 0 aliphatic heterocycles. The third-order valence-corrected chi connectivity index (χ3v) is 2.69. The van der Waals surface area contributed by atoms with E-state index in [1.807, 2.05) is 51.1 Å². The van der Waals surface area contributed by atoms with E-state index in [1.165, 1.54) is 0 Å². The lowest BCUT2D eigenvalue weighted by Crippen LogP contribution is -2.35. The Balaban J connectivity index is 2.71. The van der Waals surface area contributed by atoms with Crippen LogP contribution in [0.4, 0.5) is 0 Å². The molecule has 1 aromatic rings. The predicted molar refractivity (Wildman–Crippen MR) is 79.9 cm³/mol. The van der Waals surface area contributed by atoms with E-state index in [0.29, 0.717) is 13.0 Å². The minimum Gasteiger partial charge on any atom is -0.481 e. The van der Waals surface area contributed by atoms with Crippen LogP contribution in [0.2, 0.25) is 0 Å². The molecule has 0 bridgehead atoms. The number of carbonyl (C=O) groups is 2. The molecule has 0 amide bonds. The Hall–Kier alpha value is -1.88. The molecule has 1 aromatic carbocycles. The summed E-state index contributed by atoms with van der Waals surface area (Å²) in [5.41, 5.74) is 0.245. The van der Waals surface area contributed by atoms with Crippen molar-refractivity contribution < 1.29 is 19.4 Å². The Bertz CT molecular complexity index is 465. The normalized spacial score (nSPS) is 12.7. The van der Waals surface area contributed by atoms with Gasteiger partial charge in [-0.1, -0.05) is 30.3 Å². The second-order valence-electron chi connectivity index (χ2n) is 5.83. The largest absolute Gasteiger partial charge is 0.481 e. The quantitative estimate of drug-likeness (QED) is 0.597. The Morgan fingerprint density at radius 3 is 2.38 bits per heavy atom. The highest BCUT2D eigenvalue weighted by Crippen LogP contribution is 2.18. The molecule has 1 atom stereocenters. The summed E-state index contributed by atoms with van der Waals surface area (Å²) in [6, 6.07) is 8.69. The fourth-order valence-electron chi connectivity index (χ4n) is 1.83. The molecule has 0 aromatic heterocycles. The average Bonchev–Trinajstić information content (AvgIpc) is 2.37. The summed E-state index contributed by atoms with van der Waals surface area (Å²) in [6.07, 6.45) is 0.532. The first-order valence-electron chi connectivity index (χ1n) is 7.02. The van der Waals surface area contributed by atoms with Gasteiger partial charge in [0.05, 0.1) is 0 Å². The highest BCUT2D eigenvalue weighted by molar-refractivity contribution is 5.78. The molecule has 116 valence electrons. The molecule has 0 spiro atoms. The molecule has 5 nitrogen and oxygen atoms in total. The standard InChI is InChI=1S/C16H23NO4/c1-16(2,3)21-15(20)14(12-8-5-4-6-9-12)17-11-7-10-13(18)19/h4-6,8-9,14,17H,7,10-11H2,1-3H3,(H,18,19)/t14-/m1/s1. The number of hydrogen-bond donors (Lipinski definition) is 2. The van der Waals surface area contributed by atoms with Gasteiger partial charge in [-0.3, -0.25) is 4.79 Å². The topological polar surface area (TPSA) is 75.6 Å². The van der Waals surface area contributed by atoms with Gasteiger partial charge in [-0.05, 0) is 39.3 Å². The molecular formula is C16H23NO4. The van der Waals surface area contributed by atoms with E-state index in [0.717, 1.165) is 5.56 Å². The molecule has 2 N–H and O–H groups in total. The van der Waals surface area contributed by atoms with Crippen molar-refractivity contribution >= 4 is 11.9 Å². The maximum atomic E-state index is 12.3. The van der Waals surface area contributed by atoms with E-state index in [9.17, 15) is 9.59 Å². The van der Waals surface area contributed by atoms with Gasteiger partial charge < -0.3 is 15.2 Å². The van der Waals surface area contributed by atoms with E-state index >= 15 is 0 Å². The Kier molecular flexibility index (Phi) is 6.37. The number of carbonyl (C=O) groups excluding carboxylic acids is 1. The van der Waals surface area contributed by atoms with Gasteiger partial charge in [0.25, 0.3) is 0 Å². The highest BCUT2D eigenvalue weighted by atomic mass is 16.6. The molecule has 0 fully saturated rings. The highest BCUT2D eigenvalue weighted by Gasteiger charge is 2.26. The molecule has 0 saturated carbocycles. The summed E-state index contributed by atoms with van der Waals surface area (Å²) in [4.78, 5) is 22.8. The van der Waals surface area contributed by atoms with Gasteiger partial charge in [-0.15, -0.1) is 0 Å². The van der Waals surface area contributed by atoms with Crippen LogP contribution in [0.15, 0.2) is 30.3 Å². The van der Waals surface area contributed by atoms with E-state index in [1.54, 1.807) is 0 Å². The number of carboxylic acid groups (broad SMARTS) is 1. The SMILES string of the molecule is CC(C)(C)OC(=O)[C@H](NCCCC(=O)O)c1ccccc1. The van der Waals surface area contributed by atoms with Gasteiger partial charge >= 0.3 is 11.9 Å². The molecule has 0 radical (unpaired) electrons. The first-order valence-corrected chi connectivity index (χ1v) is 7.02. The Morgan fingerprint density at radius 1 is 1.24 bits per heavy atom. The van der Waals surface area contributed by atoms with Crippen molar-refractivity contribution in [3.63, 3.8) is 0 Å². The van der Waals surface area contributed by atoms with E-state index < -0.39 is 17.6 Å². The minimum atomic E-state index is -0.842. The van der Waals surface area contributed by atoms with Gasteiger partial charge in [-0.2, -0.15) is 0 Å². The van der Waals surface area contributed by atoms with Crippen LogP contribution in [0, 0.1) is 0 Å².